The van der Waals surface area contributed by atoms with Crippen molar-refractivity contribution < 1.29 is 4.79 Å². The molecule has 3 N–H and O–H groups in total. The van der Waals surface area contributed by atoms with Gasteiger partial charge in [0, 0.05) is 10.0 Å². The molecule has 0 radical (unpaired) electrons. The Hall–Kier alpha value is -1.52. The Morgan fingerprint density at radius 1 is 1.26 bits per heavy atom. The summed E-state index contributed by atoms with van der Waals surface area (Å²) in [5, 5.41) is 3.20. The molecule has 0 unspecified atom stereocenters. The lowest BCUT2D eigenvalue weighted by atomic mass is 10.1. The molecule has 0 aliphatic heterocycles. The van der Waals surface area contributed by atoms with E-state index in [1.54, 1.807) is 18.2 Å². The van der Waals surface area contributed by atoms with Crippen LogP contribution in [0.1, 0.15) is 15.9 Å². The molecule has 2 aromatic rings. The predicted octanol–water partition coefficient (Wildman–Crippen LogP) is 4.25. The van der Waals surface area contributed by atoms with Gasteiger partial charge in [0.1, 0.15) is 0 Å². The van der Waals surface area contributed by atoms with Gasteiger partial charge in [-0.2, -0.15) is 0 Å². The van der Waals surface area contributed by atoms with Crippen LogP contribution in [-0.2, 0) is 0 Å². The predicted molar refractivity (Wildman–Crippen MR) is 82.7 cm³/mol. The molecule has 2 aromatic carbocycles. The first-order valence-electron chi connectivity index (χ1n) is 5.60. The van der Waals surface area contributed by atoms with Crippen molar-refractivity contribution in [1.29, 1.82) is 0 Å². The number of anilines is 2. The van der Waals surface area contributed by atoms with Crippen molar-refractivity contribution in [2.45, 2.75) is 6.92 Å². The van der Waals surface area contributed by atoms with E-state index in [9.17, 15) is 4.79 Å². The maximum atomic E-state index is 12.1. The fourth-order valence-corrected chi connectivity index (χ4v) is 2.12. The maximum absolute atomic E-state index is 12.1. The number of benzene rings is 2. The summed E-state index contributed by atoms with van der Waals surface area (Å²) in [6.07, 6.45) is 0. The highest BCUT2D eigenvalue weighted by Gasteiger charge is 2.10. The maximum Gasteiger partial charge on any atom is 0.255 e. The summed E-state index contributed by atoms with van der Waals surface area (Å²) in [6, 6.07) is 10.5. The van der Waals surface area contributed by atoms with Crippen molar-refractivity contribution >= 4 is 44.8 Å². The normalized spacial score (nSPS) is 10.3. The third-order valence-corrected chi connectivity index (χ3v) is 3.65. The summed E-state index contributed by atoms with van der Waals surface area (Å²) in [4.78, 5) is 12.1. The minimum absolute atomic E-state index is 0.229. The van der Waals surface area contributed by atoms with Gasteiger partial charge in [0.05, 0.1) is 16.4 Å². The number of hydrogen-bond donors (Lipinski definition) is 2. The number of nitrogens with one attached hydrogen (secondary N) is 1. The SMILES string of the molecule is Cc1ccc(Br)c(NC(=O)c2ccc(N)c(Cl)c2)c1. The highest BCUT2D eigenvalue weighted by Crippen LogP contribution is 2.25. The van der Waals surface area contributed by atoms with Gasteiger partial charge in [0.2, 0.25) is 0 Å². The van der Waals surface area contributed by atoms with E-state index in [0.29, 0.717) is 16.3 Å². The average molecular weight is 340 g/mol. The molecule has 0 heterocycles. The molecule has 0 aromatic heterocycles. The number of carbonyl (C=O) groups excluding carboxylic acids is 1. The molecular formula is C14H12BrClN2O. The van der Waals surface area contributed by atoms with Crippen molar-refractivity contribution in [3.8, 4) is 0 Å². The van der Waals surface area contributed by atoms with Gasteiger partial charge in [0.15, 0.2) is 0 Å². The summed E-state index contributed by atoms with van der Waals surface area (Å²) in [5.41, 5.74) is 8.32. The molecule has 0 saturated carbocycles. The smallest absolute Gasteiger partial charge is 0.255 e. The summed E-state index contributed by atoms with van der Waals surface area (Å²) >= 11 is 9.30. The molecule has 0 aliphatic rings. The Kier molecular flexibility index (Phi) is 4.12. The summed E-state index contributed by atoms with van der Waals surface area (Å²) in [6.45, 7) is 1.96. The van der Waals surface area contributed by atoms with E-state index >= 15 is 0 Å². The van der Waals surface area contributed by atoms with Crippen molar-refractivity contribution in [2.24, 2.45) is 0 Å². The highest BCUT2D eigenvalue weighted by atomic mass is 79.9. The first-order valence-corrected chi connectivity index (χ1v) is 6.77. The second-order valence-electron chi connectivity index (χ2n) is 4.17. The van der Waals surface area contributed by atoms with E-state index in [2.05, 4.69) is 21.2 Å². The monoisotopic (exact) mass is 338 g/mol. The number of hydrogen-bond acceptors (Lipinski definition) is 2. The van der Waals surface area contributed by atoms with Crippen molar-refractivity contribution in [1.82, 2.24) is 0 Å². The third kappa shape index (κ3) is 3.28. The van der Waals surface area contributed by atoms with Crippen LogP contribution >= 0.6 is 27.5 Å². The zero-order valence-corrected chi connectivity index (χ0v) is 12.5. The standard InChI is InChI=1S/C14H12BrClN2O/c1-8-2-4-10(15)13(6-8)18-14(19)9-3-5-12(17)11(16)7-9/h2-7H,17H2,1H3,(H,18,19). The van der Waals surface area contributed by atoms with E-state index in [1.165, 1.54) is 0 Å². The summed E-state index contributed by atoms with van der Waals surface area (Å²) in [5.74, 6) is -0.229. The van der Waals surface area contributed by atoms with Gasteiger partial charge in [0.25, 0.3) is 5.91 Å². The van der Waals surface area contributed by atoms with Crippen LogP contribution in [0.3, 0.4) is 0 Å². The summed E-state index contributed by atoms with van der Waals surface area (Å²) in [7, 11) is 0. The summed E-state index contributed by atoms with van der Waals surface area (Å²) < 4.78 is 0.827. The van der Waals surface area contributed by atoms with Crippen LogP contribution in [0.2, 0.25) is 5.02 Å². The fourth-order valence-electron chi connectivity index (χ4n) is 1.60. The largest absolute Gasteiger partial charge is 0.398 e. The number of carbonyl (C=O) groups is 1. The third-order valence-electron chi connectivity index (χ3n) is 2.63. The molecule has 0 bridgehead atoms. The number of aryl methyl sites for hydroxylation is 1. The topological polar surface area (TPSA) is 55.1 Å². The molecule has 19 heavy (non-hydrogen) atoms. The van der Waals surface area contributed by atoms with Crippen LogP contribution in [0.25, 0.3) is 0 Å². The molecule has 98 valence electrons. The molecular weight excluding hydrogens is 328 g/mol. The number of nitrogen functional groups attached to an aromatic ring is 1. The molecule has 2 rings (SSSR count). The molecule has 0 atom stereocenters. The highest BCUT2D eigenvalue weighted by molar-refractivity contribution is 9.10. The van der Waals surface area contributed by atoms with Crippen LogP contribution < -0.4 is 11.1 Å². The van der Waals surface area contributed by atoms with Crippen LogP contribution in [0.5, 0.6) is 0 Å². The average Bonchev–Trinajstić information content (AvgIpc) is 2.37. The van der Waals surface area contributed by atoms with Gasteiger partial charge in [-0.1, -0.05) is 17.7 Å². The van der Waals surface area contributed by atoms with E-state index < -0.39 is 0 Å². The minimum atomic E-state index is -0.229. The van der Waals surface area contributed by atoms with Crippen molar-refractivity contribution in [3.05, 3.63) is 57.0 Å². The zero-order chi connectivity index (χ0) is 14.0. The number of nitrogens with two attached hydrogens (primary N) is 1. The minimum Gasteiger partial charge on any atom is -0.398 e. The molecule has 1 amide bonds. The van der Waals surface area contributed by atoms with Gasteiger partial charge in [-0.05, 0) is 58.7 Å². The Morgan fingerprint density at radius 3 is 2.68 bits per heavy atom. The van der Waals surface area contributed by atoms with Gasteiger partial charge in [-0.25, -0.2) is 0 Å². The zero-order valence-electron chi connectivity index (χ0n) is 10.2. The number of rotatable bonds is 2. The Balaban J connectivity index is 2.25. The quantitative estimate of drug-likeness (QED) is 0.804. The molecule has 3 nitrogen and oxygen atoms in total. The second kappa shape index (κ2) is 5.63. The fraction of sp³-hybridized carbons (Fsp3) is 0.0714. The first-order chi connectivity index (χ1) is 8.97. The van der Waals surface area contributed by atoms with Crippen LogP contribution in [0.4, 0.5) is 11.4 Å². The van der Waals surface area contributed by atoms with E-state index in [0.717, 1.165) is 15.7 Å². The van der Waals surface area contributed by atoms with E-state index in [-0.39, 0.29) is 5.91 Å². The lowest BCUT2D eigenvalue weighted by molar-refractivity contribution is 0.102. The molecule has 5 heteroatoms. The number of amides is 1. The Bertz CT molecular complexity index is 643. The van der Waals surface area contributed by atoms with E-state index in [1.807, 2.05) is 25.1 Å². The van der Waals surface area contributed by atoms with E-state index in [4.69, 9.17) is 17.3 Å². The van der Waals surface area contributed by atoms with Gasteiger partial charge < -0.3 is 11.1 Å². The second-order valence-corrected chi connectivity index (χ2v) is 5.44. The molecule has 0 aliphatic carbocycles. The molecule has 0 saturated heterocycles. The lowest BCUT2D eigenvalue weighted by Gasteiger charge is -2.09. The first kappa shape index (κ1) is 13.9. The lowest BCUT2D eigenvalue weighted by Crippen LogP contribution is -2.12. The Morgan fingerprint density at radius 2 is 2.00 bits per heavy atom. The molecule has 0 spiro atoms. The van der Waals surface area contributed by atoms with Crippen LogP contribution in [-0.4, -0.2) is 5.91 Å². The van der Waals surface area contributed by atoms with Crippen LogP contribution in [0, 0.1) is 6.92 Å². The molecule has 0 fully saturated rings. The van der Waals surface area contributed by atoms with Gasteiger partial charge in [-0.15, -0.1) is 0 Å². The van der Waals surface area contributed by atoms with Crippen LogP contribution in [0.15, 0.2) is 40.9 Å². The van der Waals surface area contributed by atoms with Crippen molar-refractivity contribution in [2.75, 3.05) is 11.1 Å². The van der Waals surface area contributed by atoms with Crippen molar-refractivity contribution in [3.63, 3.8) is 0 Å². The number of halogens is 2. The van der Waals surface area contributed by atoms with Gasteiger partial charge in [-0.3, -0.25) is 4.79 Å². The Labute approximate surface area is 124 Å². The van der Waals surface area contributed by atoms with Gasteiger partial charge >= 0.3 is 0 Å².